The van der Waals surface area contributed by atoms with Crippen LogP contribution in [-0.2, 0) is 16.4 Å². The van der Waals surface area contributed by atoms with Crippen LogP contribution in [-0.4, -0.2) is 78.8 Å². The molecule has 0 bridgehead atoms. The van der Waals surface area contributed by atoms with Crippen LogP contribution in [0, 0.1) is 23.5 Å². The smallest absolute Gasteiger partial charge is 0.253 e. The maximum absolute atomic E-state index is 14.1. The fourth-order valence-corrected chi connectivity index (χ4v) is 5.55. The highest BCUT2D eigenvalue weighted by Gasteiger charge is 2.28. The highest BCUT2D eigenvalue weighted by Crippen LogP contribution is 2.17. The van der Waals surface area contributed by atoms with Crippen molar-refractivity contribution in [3.05, 3.63) is 70.3 Å². The van der Waals surface area contributed by atoms with Gasteiger partial charge in [0.05, 0.1) is 17.4 Å². The van der Waals surface area contributed by atoms with Crippen LogP contribution >= 0.6 is 0 Å². The molecular weight excluding hydrogens is 614 g/mol. The largest absolute Gasteiger partial charge is 0.390 e. The van der Waals surface area contributed by atoms with Gasteiger partial charge in [-0.3, -0.25) is 9.59 Å². The topological polar surface area (TPSA) is 119 Å². The third kappa shape index (κ3) is 12.1. The maximum Gasteiger partial charge on any atom is 0.253 e. The maximum atomic E-state index is 14.1. The summed E-state index contributed by atoms with van der Waals surface area (Å²) in [6.07, 6.45) is 1.36. The molecule has 0 saturated carbocycles. The van der Waals surface area contributed by atoms with Gasteiger partial charge in [-0.2, -0.15) is 0 Å². The molecule has 0 spiro atoms. The first kappa shape index (κ1) is 38.8. The van der Waals surface area contributed by atoms with Crippen molar-refractivity contribution >= 4 is 21.8 Å². The van der Waals surface area contributed by atoms with Gasteiger partial charge in [-0.25, -0.2) is 22.2 Å². The summed E-state index contributed by atoms with van der Waals surface area (Å²) in [5.74, 6) is 3.16. The van der Waals surface area contributed by atoms with Gasteiger partial charge in [0, 0.05) is 48.9 Å². The number of carbonyl (C=O) groups excluding carboxylic acids is 2. The number of rotatable bonds is 18. The van der Waals surface area contributed by atoms with E-state index in [1.807, 2.05) is 20.8 Å². The summed E-state index contributed by atoms with van der Waals surface area (Å²) in [6.45, 7) is 11.7. The average molecular weight is 663 g/mol. The number of hydrazine groups is 1. The Morgan fingerprint density at radius 1 is 0.913 bits per heavy atom. The number of hydrogen-bond donors (Lipinski definition) is 3. The van der Waals surface area contributed by atoms with Gasteiger partial charge in [-0.15, -0.1) is 10.8 Å². The Bertz CT molecular complexity index is 1460. The van der Waals surface area contributed by atoms with Crippen LogP contribution in [0.1, 0.15) is 99.1 Å². The van der Waals surface area contributed by atoms with Crippen LogP contribution in [0.3, 0.4) is 0 Å². The second-order valence-corrected chi connectivity index (χ2v) is 13.8. The summed E-state index contributed by atoms with van der Waals surface area (Å²) in [5, 5.41) is 14.8. The zero-order chi connectivity index (χ0) is 34.4. The molecular formula is C34H48F2N4O5S. The molecule has 46 heavy (non-hydrogen) atoms. The number of amides is 2. The normalized spacial score (nSPS) is 12.8. The molecule has 0 fully saturated rings. The van der Waals surface area contributed by atoms with Crippen molar-refractivity contribution in [3.63, 3.8) is 0 Å². The van der Waals surface area contributed by atoms with Gasteiger partial charge in [0.25, 0.3) is 11.8 Å². The van der Waals surface area contributed by atoms with Crippen molar-refractivity contribution in [1.29, 1.82) is 0 Å². The third-order valence-corrected chi connectivity index (χ3v) is 8.96. The third-order valence-electron chi connectivity index (χ3n) is 7.21. The lowest BCUT2D eigenvalue weighted by molar-refractivity contribution is 0.0613. The van der Waals surface area contributed by atoms with E-state index in [1.54, 1.807) is 17.9 Å². The van der Waals surface area contributed by atoms with Crippen LogP contribution in [0.4, 0.5) is 8.78 Å². The molecule has 3 N–H and O–H groups in total. The first-order chi connectivity index (χ1) is 21.7. The number of nitrogens with one attached hydrogen (secondary N) is 2. The number of sulfonamides is 1. The van der Waals surface area contributed by atoms with E-state index in [9.17, 15) is 31.9 Å². The lowest BCUT2D eigenvalue weighted by Gasteiger charge is -2.31. The number of hydrogen-bond acceptors (Lipinski definition) is 6. The highest BCUT2D eigenvalue weighted by atomic mass is 32.2. The number of unbranched alkanes of at least 4 members (excludes halogenated alkanes) is 1. The summed E-state index contributed by atoms with van der Waals surface area (Å²) < 4.78 is 53.5. The molecule has 2 aromatic carbocycles. The van der Waals surface area contributed by atoms with E-state index >= 15 is 0 Å². The van der Waals surface area contributed by atoms with Crippen LogP contribution in [0.5, 0.6) is 0 Å². The minimum Gasteiger partial charge on any atom is -0.390 e. The first-order valence-electron chi connectivity index (χ1n) is 15.8. The van der Waals surface area contributed by atoms with E-state index < -0.39 is 45.0 Å². The van der Waals surface area contributed by atoms with Crippen LogP contribution < -0.4 is 10.1 Å². The summed E-state index contributed by atoms with van der Waals surface area (Å²) in [7, 11) is -3.74. The molecule has 0 aliphatic heterocycles. The minimum atomic E-state index is -3.74. The van der Waals surface area contributed by atoms with E-state index in [0.29, 0.717) is 25.1 Å². The number of aliphatic hydroxyl groups excluding tert-OH is 1. The zero-order valence-corrected chi connectivity index (χ0v) is 28.5. The zero-order valence-electron chi connectivity index (χ0n) is 27.7. The lowest BCUT2D eigenvalue weighted by Crippen LogP contribution is -2.54. The number of halogens is 2. The minimum absolute atomic E-state index is 0.113. The van der Waals surface area contributed by atoms with E-state index in [1.165, 1.54) is 31.0 Å². The monoisotopic (exact) mass is 662 g/mol. The Labute approximate surface area is 272 Å². The molecule has 2 amide bonds. The second-order valence-electron chi connectivity index (χ2n) is 11.6. The summed E-state index contributed by atoms with van der Waals surface area (Å²) >= 11 is 0. The second kappa shape index (κ2) is 18.7. The lowest BCUT2D eigenvalue weighted by atomic mass is 9.99. The Morgan fingerprint density at radius 2 is 1.52 bits per heavy atom. The van der Waals surface area contributed by atoms with Crippen molar-refractivity contribution in [2.75, 3.05) is 26.2 Å². The van der Waals surface area contributed by atoms with Crippen molar-refractivity contribution in [2.24, 2.45) is 0 Å². The summed E-state index contributed by atoms with van der Waals surface area (Å²) in [5.41, 5.74) is 1.03. The van der Waals surface area contributed by atoms with Crippen LogP contribution in [0.15, 0.2) is 36.4 Å². The molecule has 9 nitrogen and oxygen atoms in total. The van der Waals surface area contributed by atoms with E-state index in [-0.39, 0.29) is 42.1 Å². The van der Waals surface area contributed by atoms with Gasteiger partial charge < -0.3 is 15.3 Å². The van der Waals surface area contributed by atoms with Gasteiger partial charge in [-0.05, 0) is 82.3 Å². The van der Waals surface area contributed by atoms with Gasteiger partial charge in [0.15, 0.2) is 0 Å². The molecule has 12 heteroatoms. The fraction of sp³-hybridized carbons (Fsp3) is 0.529. The van der Waals surface area contributed by atoms with Crippen molar-refractivity contribution in [3.8, 4) is 11.8 Å². The Balaban J connectivity index is 2.50. The predicted octanol–water partition coefficient (Wildman–Crippen LogP) is 4.65. The molecule has 0 radical (unpaired) electrons. The number of benzene rings is 2. The van der Waals surface area contributed by atoms with E-state index in [0.717, 1.165) is 37.5 Å². The molecule has 2 rings (SSSR count). The van der Waals surface area contributed by atoms with Crippen molar-refractivity contribution in [1.82, 2.24) is 20.1 Å². The van der Waals surface area contributed by atoms with Crippen molar-refractivity contribution in [2.45, 2.75) is 91.0 Å². The van der Waals surface area contributed by atoms with Crippen molar-refractivity contribution < 1.29 is 31.9 Å². The van der Waals surface area contributed by atoms with Gasteiger partial charge in [0.1, 0.15) is 11.6 Å². The summed E-state index contributed by atoms with van der Waals surface area (Å²) in [4.78, 5) is 31.4. The molecule has 2 aromatic rings. The van der Waals surface area contributed by atoms with Gasteiger partial charge in [0.2, 0.25) is 10.0 Å². The molecule has 2 unspecified atom stereocenters. The van der Waals surface area contributed by atoms with Crippen LogP contribution in [0.2, 0.25) is 0 Å². The SMILES string of the molecule is CC#Cc1cc(C(=O)NC(Cc2cc(F)cc(F)c2)C(O)CN(CCCC)NS(=O)(=O)C(C)C)cc(C(=O)N(CCC)CCC)c1. The summed E-state index contributed by atoms with van der Waals surface area (Å²) in [6, 6.07) is 6.46. The molecule has 0 aliphatic rings. The Hall–Kier alpha value is -3.37. The number of carbonyl (C=O) groups is 2. The standard InChI is InChI=1S/C34H48F2N4O5S/c1-7-11-15-40(38-46(44,45)24(5)6)23-32(41)31(20-26-18-29(35)22-30(36)19-26)37-33(42)27-16-25(12-8-2)17-28(21-27)34(43)39(13-9-3)14-10-4/h16-19,21-22,24,31-32,38,41H,7,9-11,13-15,20,23H2,1-6H3,(H,37,42). The first-order valence-corrected chi connectivity index (χ1v) is 17.4. The Kier molecular flexibility index (Phi) is 15.8. The molecule has 0 aromatic heterocycles. The molecule has 0 saturated heterocycles. The van der Waals surface area contributed by atoms with Gasteiger partial charge >= 0.3 is 0 Å². The average Bonchev–Trinajstić information content (AvgIpc) is 2.98. The number of nitrogens with zero attached hydrogens (tertiary/aromatic N) is 2. The molecule has 2 atom stereocenters. The fourth-order valence-electron chi connectivity index (χ4n) is 4.82. The molecule has 0 heterocycles. The molecule has 0 aliphatic carbocycles. The quantitative estimate of drug-likeness (QED) is 0.158. The van der Waals surface area contributed by atoms with E-state index in [2.05, 4.69) is 22.0 Å². The molecule has 254 valence electrons. The van der Waals surface area contributed by atoms with E-state index in [4.69, 9.17) is 0 Å². The number of aliphatic hydroxyl groups is 1. The highest BCUT2D eigenvalue weighted by molar-refractivity contribution is 7.90. The predicted molar refractivity (Wildman–Crippen MR) is 176 cm³/mol. The Morgan fingerprint density at radius 3 is 2.07 bits per heavy atom. The van der Waals surface area contributed by atoms with Gasteiger partial charge in [-0.1, -0.05) is 33.1 Å². The van der Waals surface area contributed by atoms with Crippen LogP contribution in [0.25, 0.3) is 0 Å².